The molecule has 1 saturated heterocycles. The standard InChI is InChI=1S/C20H20FN3O/c21-15-7-8-17-18(12-23-19(17)10-15)13-3-5-14(6-4-13)20(25)24-16-2-1-9-22-11-16/h3-8,10,12,16,22-23H,1-2,9,11H2,(H,24,25)/t16-/m0/s1. The van der Waals surface area contributed by atoms with Crippen molar-refractivity contribution in [3.63, 3.8) is 0 Å². The van der Waals surface area contributed by atoms with Crippen LogP contribution in [0.2, 0.25) is 0 Å². The maximum Gasteiger partial charge on any atom is 0.251 e. The van der Waals surface area contributed by atoms with Crippen molar-refractivity contribution in [3.05, 3.63) is 60.0 Å². The average Bonchev–Trinajstić information content (AvgIpc) is 3.05. The highest BCUT2D eigenvalue weighted by atomic mass is 19.1. The SMILES string of the molecule is O=C(N[C@H]1CCCNC1)c1ccc(-c2c[nH]c3cc(F)ccc23)cc1. The number of halogens is 1. The highest BCUT2D eigenvalue weighted by Crippen LogP contribution is 2.29. The van der Waals surface area contributed by atoms with Gasteiger partial charge in [-0.2, -0.15) is 0 Å². The van der Waals surface area contributed by atoms with Crippen LogP contribution in [0.1, 0.15) is 23.2 Å². The predicted octanol–water partition coefficient (Wildman–Crippen LogP) is 3.46. The number of aromatic nitrogens is 1. The van der Waals surface area contributed by atoms with Crippen LogP contribution in [-0.2, 0) is 0 Å². The third-order valence-corrected chi connectivity index (χ3v) is 4.73. The highest BCUT2D eigenvalue weighted by molar-refractivity contribution is 5.97. The van der Waals surface area contributed by atoms with Gasteiger partial charge in [0.25, 0.3) is 5.91 Å². The molecule has 0 saturated carbocycles. The van der Waals surface area contributed by atoms with Crippen molar-refractivity contribution in [2.24, 2.45) is 0 Å². The summed E-state index contributed by atoms with van der Waals surface area (Å²) >= 11 is 0. The summed E-state index contributed by atoms with van der Waals surface area (Å²) in [6.45, 7) is 1.85. The molecule has 1 atom stereocenters. The molecule has 1 aliphatic rings. The summed E-state index contributed by atoms with van der Waals surface area (Å²) in [5.41, 5.74) is 3.41. The van der Waals surface area contributed by atoms with Gasteiger partial charge in [0.1, 0.15) is 5.82 Å². The number of hydrogen-bond donors (Lipinski definition) is 3. The lowest BCUT2D eigenvalue weighted by Crippen LogP contribution is -2.45. The Morgan fingerprint density at radius 1 is 1.16 bits per heavy atom. The lowest BCUT2D eigenvalue weighted by molar-refractivity contribution is 0.0930. The first-order chi connectivity index (χ1) is 12.2. The summed E-state index contributed by atoms with van der Waals surface area (Å²) in [5.74, 6) is -0.300. The number of amides is 1. The van der Waals surface area contributed by atoms with E-state index in [1.807, 2.05) is 30.5 Å². The van der Waals surface area contributed by atoms with Gasteiger partial charge in [0.05, 0.1) is 0 Å². The molecule has 0 radical (unpaired) electrons. The summed E-state index contributed by atoms with van der Waals surface area (Å²) in [6.07, 6.45) is 3.97. The topological polar surface area (TPSA) is 56.9 Å². The smallest absolute Gasteiger partial charge is 0.251 e. The van der Waals surface area contributed by atoms with Crippen molar-refractivity contribution in [3.8, 4) is 11.1 Å². The number of hydrogen-bond acceptors (Lipinski definition) is 2. The van der Waals surface area contributed by atoms with Crippen molar-refractivity contribution >= 4 is 16.8 Å². The van der Waals surface area contributed by atoms with Crippen molar-refractivity contribution in [2.45, 2.75) is 18.9 Å². The molecule has 0 bridgehead atoms. The first-order valence-corrected chi connectivity index (χ1v) is 8.59. The van der Waals surface area contributed by atoms with Gasteiger partial charge in [0, 0.05) is 40.8 Å². The van der Waals surface area contributed by atoms with E-state index in [1.54, 1.807) is 6.07 Å². The molecule has 0 aliphatic carbocycles. The van der Waals surface area contributed by atoms with Gasteiger partial charge in [-0.15, -0.1) is 0 Å². The number of benzene rings is 2. The van der Waals surface area contributed by atoms with Crippen LogP contribution in [0.5, 0.6) is 0 Å². The van der Waals surface area contributed by atoms with Crippen LogP contribution in [0.4, 0.5) is 4.39 Å². The molecule has 4 nitrogen and oxygen atoms in total. The van der Waals surface area contributed by atoms with Gasteiger partial charge < -0.3 is 15.6 Å². The maximum absolute atomic E-state index is 13.3. The predicted molar refractivity (Wildman–Crippen MR) is 97.1 cm³/mol. The molecule has 128 valence electrons. The molecule has 3 aromatic rings. The second-order valence-electron chi connectivity index (χ2n) is 6.49. The number of fused-ring (bicyclic) bond motifs is 1. The Balaban J connectivity index is 1.53. The molecule has 5 heteroatoms. The molecule has 1 aromatic heterocycles. The second-order valence-corrected chi connectivity index (χ2v) is 6.49. The van der Waals surface area contributed by atoms with Gasteiger partial charge in [-0.25, -0.2) is 4.39 Å². The maximum atomic E-state index is 13.3. The van der Waals surface area contributed by atoms with Gasteiger partial charge >= 0.3 is 0 Å². The van der Waals surface area contributed by atoms with Gasteiger partial charge in [0.15, 0.2) is 0 Å². The minimum Gasteiger partial charge on any atom is -0.360 e. The number of carbonyl (C=O) groups excluding carboxylic acids is 1. The summed E-state index contributed by atoms with van der Waals surface area (Å²) in [6, 6.07) is 12.4. The van der Waals surface area contributed by atoms with Crippen molar-refractivity contribution in [1.82, 2.24) is 15.6 Å². The van der Waals surface area contributed by atoms with E-state index in [0.717, 1.165) is 48.0 Å². The van der Waals surface area contributed by atoms with E-state index in [0.29, 0.717) is 5.56 Å². The molecule has 0 unspecified atom stereocenters. The van der Waals surface area contributed by atoms with Crippen LogP contribution in [0, 0.1) is 5.82 Å². The van der Waals surface area contributed by atoms with Crippen LogP contribution in [-0.4, -0.2) is 30.0 Å². The Hall–Kier alpha value is -2.66. The van der Waals surface area contributed by atoms with Gasteiger partial charge in [-0.1, -0.05) is 12.1 Å². The highest BCUT2D eigenvalue weighted by Gasteiger charge is 2.16. The molecular weight excluding hydrogens is 317 g/mol. The molecule has 2 heterocycles. The van der Waals surface area contributed by atoms with E-state index in [9.17, 15) is 9.18 Å². The Kier molecular flexibility index (Phi) is 4.24. The van der Waals surface area contributed by atoms with Gasteiger partial charge in [-0.05, 0) is 55.3 Å². The van der Waals surface area contributed by atoms with Gasteiger partial charge in [-0.3, -0.25) is 4.79 Å². The average molecular weight is 337 g/mol. The lowest BCUT2D eigenvalue weighted by Gasteiger charge is -2.23. The van der Waals surface area contributed by atoms with Crippen LogP contribution in [0.3, 0.4) is 0 Å². The Labute approximate surface area is 145 Å². The first kappa shape index (κ1) is 15.8. The van der Waals surface area contributed by atoms with E-state index in [4.69, 9.17) is 0 Å². The molecule has 0 spiro atoms. The second kappa shape index (κ2) is 6.69. The fraction of sp³-hybridized carbons (Fsp3) is 0.250. The van der Waals surface area contributed by atoms with Crippen LogP contribution in [0.25, 0.3) is 22.0 Å². The van der Waals surface area contributed by atoms with E-state index in [2.05, 4.69) is 15.6 Å². The molecule has 1 fully saturated rings. The first-order valence-electron chi connectivity index (χ1n) is 8.59. The van der Waals surface area contributed by atoms with E-state index in [1.165, 1.54) is 12.1 Å². The molecule has 1 amide bonds. The van der Waals surface area contributed by atoms with Crippen LogP contribution >= 0.6 is 0 Å². The largest absolute Gasteiger partial charge is 0.360 e. The molecule has 3 N–H and O–H groups in total. The third kappa shape index (κ3) is 3.28. The Morgan fingerprint density at radius 2 is 2.00 bits per heavy atom. The van der Waals surface area contributed by atoms with Crippen molar-refractivity contribution in [2.75, 3.05) is 13.1 Å². The molecular formula is C20H20FN3O. The zero-order valence-corrected chi connectivity index (χ0v) is 13.8. The zero-order chi connectivity index (χ0) is 17.2. The monoisotopic (exact) mass is 337 g/mol. The minimum absolute atomic E-state index is 0.0405. The number of rotatable bonds is 3. The van der Waals surface area contributed by atoms with Gasteiger partial charge in [0.2, 0.25) is 0 Å². The van der Waals surface area contributed by atoms with E-state index < -0.39 is 0 Å². The normalized spacial score (nSPS) is 17.6. The minimum atomic E-state index is -0.259. The van der Waals surface area contributed by atoms with E-state index in [-0.39, 0.29) is 17.8 Å². The van der Waals surface area contributed by atoms with Crippen molar-refractivity contribution < 1.29 is 9.18 Å². The molecule has 25 heavy (non-hydrogen) atoms. The summed E-state index contributed by atoms with van der Waals surface area (Å²) < 4.78 is 13.3. The molecule has 4 rings (SSSR count). The number of nitrogens with one attached hydrogen (secondary N) is 3. The Bertz CT molecular complexity index is 895. The summed E-state index contributed by atoms with van der Waals surface area (Å²) in [5, 5.41) is 7.34. The number of piperidine rings is 1. The Morgan fingerprint density at radius 3 is 2.76 bits per heavy atom. The summed E-state index contributed by atoms with van der Waals surface area (Å²) in [4.78, 5) is 15.5. The fourth-order valence-electron chi connectivity index (χ4n) is 3.38. The number of carbonyl (C=O) groups is 1. The quantitative estimate of drug-likeness (QED) is 0.685. The van der Waals surface area contributed by atoms with Crippen LogP contribution < -0.4 is 10.6 Å². The lowest BCUT2D eigenvalue weighted by atomic mass is 10.0. The van der Waals surface area contributed by atoms with E-state index >= 15 is 0 Å². The zero-order valence-electron chi connectivity index (χ0n) is 13.8. The molecule has 2 aromatic carbocycles. The van der Waals surface area contributed by atoms with Crippen LogP contribution in [0.15, 0.2) is 48.7 Å². The number of aromatic amines is 1. The van der Waals surface area contributed by atoms with Crippen molar-refractivity contribution in [1.29, 1.82) is 0 Å². The third-order valence-electron chi connectivity index (χ3n) is 4.73. The fourth-order valence-corrected chi connectivity index (χ4v) is 3.38. The molecule has 1 aliphatic heterocycles. The number of H-pyrrole nitrogens is 1. The summed E-state index contributed by atoms with van der Waals surface area (Å²) in [7, 11) is 0.